The smallest absolute Gasteiger partial charge is 0.433 e. The van der Waals surface area contributed by atoms with Crippen molar-refractivity contribution in [3.63, 3.8) is 0 Å². The summed E-state index contributed by atoms with van der Waals surface area (Å²) in [5.41, 5.74) is -2.28. The maximum atomic E-state index is 13.2. The second kappa shape index (κ2) is 8.64. The molecule has 176 valence electrons. The number of aryl methyl sites for hydroxylation is 1. The van der Waals surface area contributed by atoms with E-state index in [-0.39, 0.29) is 11.9 Å². The maximum Gasteiger partial charge on any atom is 0.433 e. The zero-order valence-corrected chi connectivity index (χ0v) is 17.6. The van der Waals surface area contributed by atoms with Crippen LogP contribution in [0, 0.1) is 6.92 Å². The van der Waals surface area contributed by atoms with E-state index in [9.17, 15) is 26.3 Å². The summed E-state index contributed by atoms with van der Waals surface area (Å²) in [5, 5.41) is 2.71. The molecular formula is C20H18F6N6O. The van der Waals surface area contributed by atoms with Gasteiger partial charge in [-0.1, -0.05) is 6.58 Å². The Balaban J connectivity index is 1.98. The van der Waals surface area contributed by atoms with Gasteiger partial charge in [0.05, 0.1) is 24.8 Å². The van der Waals surface area contributed by atoms with Crippen LogP contribution in [0.5, 0.6) is 5.75 Å². The quantitative estimate of drug-likeness (QED) is 0.558. The highest BCUT2D eigenvalue weighted by molar-refractivity contribution is 5.59. The predicted molar refractivity (Wildman–Crippen MR) is 106 cm³/mol. The van der Waals surface area contributed by atoms with Crippen LogP contribution in [0.15, 0.2) is 54.2 Å². The molecule has 0 fully saturated rings. The highest BCUT2D eigenvalue weighted by Crippen LogP contribution is 2.33. The van der Waals surface area contributed by atoms with Crippen molar-refractivity contribution in [1.82, 2.24) is 19.1 Å². The van der Waals surface area contributed by atoms with Crippen LogP contribution in [0.25, 0.3) is 5.69 Å². The van der Waals surface area contributed by atoms with Gasteiger partial charge in [-0.05, 0) is 25.1 Å². The Kier molecular flexibility index (Phi) is 6.25. The van der Waals surface area contributed by atoms with Crippen molar-refractivity contribution < 1.29 is 31.1 Å². The van der Waals surface area contributed by atoms with Gasteiger partial charge >= 0.3 is 12.4 Å². The monoisotopic (exact) mass is 472 g/mol. The Morgan fingerprint density at radius 2 is 1.82 bits per heavy atom. The molecule has 1 aromatic carbocycles. The summed E-state index contributed by atoms with van der Waals surface area (Å²) in [6.07, 6.45) is -6.78. The average molecular weight is 472 g/mol. The second-order valence-electron chi connectivity index (χ2n) is 6.87. The lowest BCUT2D eigenvalue weighted by molar-refractivity contribution is -0.149. The van der Waals surface area contributed by atoms with Crippen molar-refractivity contribution in [2.45, 2.75) is 19.3 Å². The number of aromatic nitrogens is 4. The van der Waals surface area contributed by atoms with Crippen LogP contribution in [-0.2, 0) is 19.4 Å². The van der Waals surface area contributed by atoms with Gasteiger partial charge < -0.3 is 19.2 Å². The number of rotatable bonds is 5. The minimum atomic E-state index is -5.10. The number of anilines is 1. The molecule has 13 heteroatoms. The molecule has 0 atom stereocenters. The molecule has 0 aliphatic carbocycles. The van der Waals surface area contributed by atoms with Crippen molar-refractivity contribution in [3.8, 4) is 11.4 Å². The van der Waals surface area contributed by atoms with Gasteiger partial charge in [-0.3, -0.25) is 0 Å². The predicted octanol–water partition coefficient (Wildman–Crippen LogP) is 4.44. The Bertz CT molecular complexity index is 1260. The van der Waals surface area contributed by atoms with E-state index in [1.165, 1.54) is 7.11 Å². The van der Waals surface area contributed by atoms with Gasteiger partial charge in [0.2, 0.25) is 5.62 Å². The molecule has 0 saturated heterocycles. The number of hydrogen-bond acceptors (Lipinski definition) is 5. The number of nitrogens with one attached hydrogen (secondary N) is 1. The molecule has 3 rings (SSSR count). The molecule has 2 aromatic heterocycles. The van der Waals surface area contributed by atoms with E-state index in [2.05, 4.69) is 26.9 Å². The highest BCUT2D eigenvalue weighted by Gasteiger charge is 2.39. The molecule has 33 heavy (non-hydrogen) atoms. The van der Waals surface area contributed by atoms with E-state index in [4.69, 9.17) is 4.74 Å². The first-order valence-corrected chi connectivity index (χ1v) is 9.21. The molecule has 7 nitrogen and oxygen atoms in total. The zero-order valence-electron chi connectivity index (χ0n) is 17.6. The summed E-state index contributed by atoms with van der Waals surface area (Å²) in [6, 6.07) is 4.77. The van der Waals surface area contributed by atoms with Gasteiger partial charge in [-0.15, -0.1) is 0 Å². The molecule has 0 saturated carbocycles. The summed E-state index contributed by atoms with van der Waals surface area (Å²) >= 11 is 0. The molecule has 0 unspecified atom stereocenters. The first-order valence-electron chi connectivity index (χ1n) is 9.21. The van der Waals surface area contributed by atoms with Crippen LogP contribution in [0.3, 0.4) is 0 Å². The van der Waals surface area contributed by atoms with Crippen LogP contribution < -0.4 is 15.7 Å². The number of alkyl halides is 6. The molecule has 3 aromatic rings. The number of hydrogen-bond donors (Lipinski definition) is 1. The van der Waals surface area contributed by atoms with E-state index in [1.54, 1.807) is 35.3 Å². The Labute approximate surface area is 183 Å². The minimum Gasteiger partial charge on any atom is -0.494 e. The largest absolute Gasteiger partial charge is 0.494 e. The normalized spacial score (nSPS) is 12.7. The fraction of sp³-hybridized carbons (Fsp3) is 0.250. The molecule has 0 spiro atoms. The first-order chi connectivity index (χ1) is 15.3. The average Bonchev–Trinajstić information content (AvgIpc) is 3.13. The lowest BCUT2D eigenvalue weighted by Crippen LogP contribution is -2.32. The molecule has 2 heterocycles. The summed E-state index contributed by atoms with van der Waals surface area (Å²) < 4.78 is 86.4. The summed E-state index contributed by atoms with van der Waals surface area (Å²) in [5.74, 6) is 0.186. The number of halogens is 6. The maximum absolute atomic E-state index is 13.2. The van der Waals surface area contributed by atoms with Crippen LogP contribution >= 0.6 is 0 Å². The van der Waals surface area contributed by atoms with Gasteiger partial charge in [0, 0.05) is 25.0 Å². The lowest BCUT2D eigenvalue weighted by Gasteiger charge is -2.16. The topological polar surface area (TPSA) is 69.3 Å². The third-order valence-electron chi connectivity index (χ3n) is 4.43. The first kappa shape index (κ1) is 23.9. The van der Waals surface area contributed by atoms with Crippen molar-refractivity contribution in [3.05, 3.63) is 71.9 Å². The molecule has 0 amide bonds. The van der Waals surface area contributed by atoms with Crippen molar-refractivity contribution in [1.29, 1.82) is 0 Å². The Morgan fingerprint density at radius 3 is 2.36 bits per heavy atom. The van der Waals surface area contributed by atoms with Crippen molar-refractivity contribution in [2.24, 2.45) is 12.0 Å². The highest BCUT2D eigenvalue weighted by atomic mass is 19.4. The van der Waals surface area contributed by atoms with E-state index in [0.29, 0.717) is 21.7 Å². The molecule has 0 bridgehead atoms. The summed E-state index contributed by atoms with van der Waals surface area (Å²) in [4.78, 5) is 11.1. The van der Waals surface area contributed by atoms with Crippen LogP contribution in [0.1, 0.15) is 17.1 Å². The van der Waals surface area contributed by atoms with Crippen LogP contribution in [-0.4, -0.2) is 26.2 Å². The zero-order chi connectivity index (χ0) is 24.6. The number of imidazole rings is 1. The van der Waals surface area contributed by atoms with E-state index < -0.39 is 29.4 Å². The van der Waals surface area contributed by atoms with Gasteiger partial charge in [-0.2, -0.15) is 31.3 Å². The van der Waals surface area contributed by atoms with Crippen LogP contribution in [0.4, 0.5) is 32.0 Å². The van der Waals surface area contributed by atoms with Gasteiger partial charge in [0.1, 0.15) is 17.3 Å². The minimum absolute atomic E-state index is 0.0728. The molecule has 0 aliphatic rings. The fourth-order valence-corrected chi connectivity index (χ4v) is 2.90. The Hall–Kier alpha value is -3.77. The number of nitrogens with zero attached hydrogens (tertiary/aromatic N) is 5. The molecule has 0 radical (unpaired) electrons. The third-order valence-corrected chi connectivity index (χ3v) is 4.43. The Morgan fingerprint density at radius 1 is 1.12 bits per heavy atom. The third kappa shape index (κ3) is 5.35. The molecular weight excluding hydrogens is 454 g/mol. The number of ether oxygens (including phenoxy) is 1. The molecule has 1 N–H and O–H groups in total. The van der Waals surface area contributed by atoms with E-state index >= 15 is 0 Å². The SMILES string of the molecule is C=C(/N=c1/nc(C(F)(F)F)cc(C(F)(F)F)n1C)Nc1ccc(-n2cnc(C)c2)c(OC)c1. The second-order valence-corrected chi connectivity index (χ2v) is 6.87. The van der Waals surface area contributed by atoms with E-state index in [0.717, 1.165) is 12.7 Å². The number of benzene rings is 1. The molecule has 0 aliphatic heterocycles. The summed E-state index contributed by atoms with van der Waals surface area (Å²) in [6.45, 7) is 5.38. The van der Waals surface area contributed by atoms with Crippen molar-refractivity contribution in [2.75, 3.05) is 12.4 Å². The van der Waals surface area contributed by atoms with Gasteiger partial charge in [0.15, 0.2) is 5.69 Å². The van der Waals surface area contributed by atoms with Crippen molar-refractivity contribution >= 4 is 5.69 Å². The number of methoxy groups -OCH3 is 1. The fourth-order valence-electron chi connectivity index (χ4n) is 2.90. The van der Waals surface area contributed by atoms with Gasteiger partial charge in [0.25, 0.3) is 0 Å². The van der Waals surface area contributed by atoms with Crippen LogP contribution in [0.2, 0.25) is 0 Å². The van der Waals surface area contributed by atoms with E-state index in [1.807, 2.05) is 6.92 Å². The summed E-state index contributed by atoms with van der Waals surface area (Å²) in [7, 11) is 2.35. The van der Waals surface area contributed by atoms with Gasteiger partial charge in [-0.25, -0.2) is 9.97 Å². The standard InChI is InChI=1S/C20H18F6N6O/c1-11-9-32(10-27-11)14-6-5-13(7-15(14)33-4)28-12(2)29-18-30-16(19(21,22)23)8-17(31(18)3)20(24,25)26/h5-10,28H,2H2,1,3-4H3/b29-18-. The lowest BCUT2D eigenvalue weighted by atomic mass is 10.2.